The number of aliphatic hydroxyl groups is 1. The summed E-state index contributed by atoms with van der Waals surface area (Å²) < 4.78 is 0. The Morgan fingerprint density at radius 1 is 1.03 bits per heavy atom. The zero-order valence-corrected chi connectivity index (χ0v) is 18.9. The summed E-state index contributed by atoms with van der Waals surface area (Å²) in [4.78, 5) is 19.7. The number of halogens is 1. The molecule has 1 aliphatic heterocycles. The lowest BCUT2D eigenvalue weighted by Crippen LogP contribution is -2.19. The van der Waals surface area contributed by atoms with E-state index in [1.54, 1.807) is 18.2 Å². The van der Waals surface area contributed by atoms with E-state index in [2.05, 4.69) is 27.4 Å². The highest BCUT2D eigenvalue weighted by molar-refractivity contribution is 6.31. The number of hydrogen-bond donors (Lipinski definition) is 3. The second kappa shape index (κ2) is 10.9. The van der Waals surface area contributed by atoms with Crippen molar-refractivity contribution in [3.8, 4) is 23.1 Å². The van der Waals surface area contributed by atoms with Gasteiger partial charge in [0.25, 0.3) is 0 Å². The summed E-state index contributed by atoms with van der Waals surface area (Å²) in [5.41, 5.74) is 3.62. The van der Waals surface area contributed by atoms with Gasteiger partial charge in [-0.15, -0.1) is 0 Å². The molecule has 0 radical (unpaired) electrons. The van der Waals surface area contributed by atoms with Gasteiger partial charge in [-0.05, 0) is 55.3 Å². The zero-order chi connectivity index (χ0) is 23.0. The first-order valence-corrected chi connectivity index (χ1v) is 11.3. The first kappa shape index (κ1) is 22.7. The number of anilines is 3. The molecule has 0 atom stereocenters. The van der Waals surface area contributed by atoms with Crippen molar-refractivity contribution in [1.82, 2.24) is 4.98 Å². The van der Waals surface area contributed by atoms with Gasteiger partial charge >= 0.3 is 6.03 Å². The fourth-order valence-corrected chi connectivity index (χ4v) is 3.83. The van der Waals surface area contributed by atoms with E-state index in [4.69, 9.17) is 21.7 Å². The lowest BCUT2D eigenvalue weighted by molar-refractivity contribution is 0.262. The summed E-state index contributed by atoms with van der Waals surface area (Å²) in [5.74, 6) is 6.73. The predicted molar refractivity (Wildman–Crippen MR) is 134 cm³/mol. The van der Waals surface area contributed by atoms with Crippen LogP contribution in [0.1, 0.15) is 24.8 Å². The Morgan fingerprint density at radius 3 is 2.58 bits per heavy atom. The molecule has 1 aliphatic rings. The van der Waals surface area contributed by atoms with Crippen LogP contribution >= 0.6 is 11.6 Å². The van der Waals surface area contributed by atoms with Gasteiger partial charge in [0.05, 0.1) is 17.3 Å². The third-order valence-electron chi connectivity index (χ3n) is 5.26. The molecule has 1 saturated heterocycles. The molecule has 3 aromatic rings. The number of carbonyl (C=O) groups excluding carboxylic acids is 1. The third-order valence-corrected chi connectivity index (χ3v) is 5.59. The Balaban J connectivity index is 1.45. The van der Waals surface area contributed by atoms with Crippen molar-refractivity contribution in [1.29, 1.82) is 0 Å². The largest absolute Gasteiger partial charge is 0.395 e. The van der Waals surface area contributed by atoms with Gasteiger partial charge in [-0.3, -0.25) is 0 Å². The molecule has 33 heavy (non-hydrogen) atoms. The number of urea groups is 1. The normalized spacial score (nSPS) is 12.7. The maximum absolute atomic E-state index is 12.6. The van der Waals surface area contributed by atoms with Crippen LogP contribution in [0.4, 0.5) is 22.0 Å². The molecule has 2 aromatic carbocycles. The van der Waals surface area contributed by atoms with Crippen LogP contribution in [-0.2, 0) is 0 Å². The number of nitrogens with one attached hydrogen (secondary N) is 2. The molecular formula is C26H25ClN4O2. The van der Waals surface area contributed by atoms with Gasteiger partial charge in [0.1, 0.15) is 5.82 Å². The molecule has 0 aliphatic carbocycles. The molecule has 0 saturated carbocycles. The third kappa shape index (κ3) is 6.04. The number of carbonyl (C=O) groups is 1. The summed E-state index contributed by atoms with van der Waals surface area (Å²) in [6.45, 7) is 2.07. The molecule has 1 fully saturated rings. The van der Waals surface area contributed by atoms with Crippen LogP contribution < -0.4 is 15.5 Å². The molecular weight excluding hydrogens is 436 g/mol. The summed E-state index contributed by atoms with van der Waals surface area (Å²) in [6.07, 6.45) is 2.76. The molecule has 6 nitrogen and oxygen atoms in total. The summed E-state index contributed by atoms with van der Waals surface area (Å²) >= 11 is 6.17. The topological polar surface area (TPSA) is 77.5 Å². The first-order valence-electron chi connectivity index (χ1n) is 10.9. The minimum Gasteiger partial charge on any atom is -0.395 e. The Bertz CT molecular complexity index is 1200. The maximum Gasteiger partial charge on any atom is 0.323 e. The van der Waals surface area contributed by atoms with Gasteiger partial charge in [-0.2, -0.15) is 0 Å². The number of nitrogens with zero attached hydrogens (tertiary/aromatic N) is 2. The molecule has 7 heteroatoms. The molecule has 0 bridgehead atoms. The summed E-state index contributed by atoms with van der Waals surface area (Å²) in [7, 11) is 0. The Kier molecular flexibility index (Phi) is 7.46. The summed E-state index contributed by atoms with van der Waals surface area (Å²) in [5, 5.41) is 15.0. The second-order valence-corrected chi connectivity index (χ2v) is 8.11. The van der Waals surface area contributed by atoms with E-state index in [9.17, 15) is 4.79 Å². The standard InChI is InChI=1S/C26H25ClN4O2/c27-23-13-12-22(17-19(23)7-1-4-16-32)29-26(33)28-21-9-5-8-20(18-21)24-10-6-11-25(30-24)31-14-2-3-15-31/h5-6,8-13,17-18,32H,2-4,14-16H2,(H2,28,29,33). The fraction of sp³-hybridized carbons (Fsp3) is 0.231. The minimum atomic E-state index is -0.373. The van der Waals surface area contributed by atoms with Crippen LogP contribution in [0.25, 0.3) is 11.3 Å². The highest BCUT2D eigenvalue weighted by Gasteiger charge is 2.14. The smallest absolute Gasteiger partial charge is 0.323 e. The van der Waals surface area contributed by atoms with Crippen molar-refractivity contribution < 1.29 is 9.90 Å². The molecule has 4 rings (SSSR count). The molecule has 0 spiro atoms. The number of rotatable bonds is 5. The van der Waals surface area contributed by atoms with Gasteiger partial charge in [0, 0.05) is 42.0 Å². The van der Waals surface area contributed by atoms with Crippen LogP contribution in [0.3, 0.4) is 0 Å². The number of aliphatic hydroxyl groups excluding tert-OH is 1. The van der Waals surface area contributed by atoms with Gasteiger partial charge in [0.2, 0.25) is 0 Å². The van der Waals surface area contributed by atoms with E-state index >= 15 is 0 Å². The number of pyridine rings is 1. The van der Waals surface area contributed by atoms with Crippen molar-refractivity contribution in [3.05, 3.63) is 71.2 Å². The van der Waals surface area contributed by atoms with Crippen molar-refractivity contribution in [2.24, 2.45) is 0 Å². The quantitative estimate of drug-likeness (QED) is 0.447. The summed E-state index contributed by atoms with van der Waals surface area (Å²) in [6, 6.07) is 18.4. The van der Waals surface area contributed by atoms with Gasteiger partial charge in [-0.1, -0.05) is 41.6 Å². The average Bonchev–Trinajstić information content (AvgIpc) is 3.37. The van der Waals surface area contributed by atoms with Crippen molar-refractivity contribution in [2.45, 2.75) is 19.3 Å². The first-order chi connectivity index (χ1) is 16.1. The number of benzene rings is 2. The monoisotopic (exact) mass is 460 g/mol. The van der Waals surface area contributed by atoms with Crippen molar-refractivity contribution in [3.63, 3.8) is 0 Å². The van der Waals surface area contributed by atoms with E-state index in [0.29, 0.717) is 28.4 Å². The lowest BCUT2D eigenvalue weighted by atomic mass is 10.1. The highest BCUT2D eigenvalue weighted by Crippen LogP contribution is 2.25. The molecule has 2 amide bonds. The molecule has 3 N–H and O–H groups in total. The number of hydrogen-bond acceptors (Lipinski definition) is 4. The number of amides is 2. The molecule has 168 valence electrons. The van der Waals surface area contributed by atoms with E-state index in [1.807, 2.05) is 42.5 Å². The second-order valence-electron chi connectivity index (χ2n) is 7.71. The fourth-order valence-electron chi connectivity index (χ4n) is 3.67. The van der Waals surface area contributed by atoms with Gasteiger partial charge in [-0.25, -0.2) is 9.78 Å². The SMILES string of the molecule is O=C(Nc1cccc(-c2cccc(N3CCCC3)n2)c1)Nc1ccc(Cl)c(C#CCCO)c1. The lowest BCUT2D eigenvalue weighted by Gasteiger charge is -2.17. The zero-order valence-electron chi connectivity index (χ0n) is 18.1. The Labute approximate surface area is 198 Å². The van der Waals surface area contributed by atoms with E-state index in [0.717, 1.165) is 30.2 Å². The van der Waals surface area contributed by atoms with Crippen LogP contribution in [-0.4, -0.2) is 35.8 Å². The van der Waals surface area contributed by atoms with E-state index < -0.39 is 0 Å². The Morgan fingerprint density at radius 2 is 1.79 bits per heavy atom. The minimum absolute atomic E-state index is 0.0118. The van der Waals surface area contributed by atoms with Crippen molar-refractivity contribution in [2.75, 3.05) is 35.2 Å². The van der Waals surface area contributed by atoms with Crippen molar-refractivity contribution >= 4 is 34.8 Å². The molecule has 1 aromatic heterocycles. The highest BCUT2D eigenvalue weighted by atomic mass is 35.5. The van der Waals surface area contributed by atoms with Crippen LogP contribution in [0, 0.1) is 11.8 Å². The van der Waals surface area contributed by atoms with Crippen LogP contribution in [0.2, 0.25) is 5.02 Å². The predicted octanol–water partition coefficient (Wildman–Crippen LogP) is 5.38. The maximum atomic E-state index is 12.6. The molecule has 0 unspecified atom stereocenters. The van der Waals surface area contributed by atoms with Gasteiger partial charge in [0.15, 0.2) is 0 Å². The molecule has 2 heterocycles. The van der Waals surface area contributed by atoms with Crippen LogP contribution in [0.15, 0.2) is 60.7 Å². The average molecular weight is 461 g/mol. The van der Waals surface area contributed by atoms with E-state index in [1.165, 1.54) is 12.8 Å². The van der Waals surface area contributed by atoms with Crippen LogP contribution in [0.5, 0.6) is 0 Å². The number of aromatic nitrogens is 1. The van der Waals surface area contributed by atoms with E-state index in [-0.39, 0.29) is 12.6 Å². The Hall–Kier alpha value is -3.53. The van der Waals surface area contributed by atoms with Gasteiger partial charge < -0.3 is 20.6 Å².